The third kappa shape index (κ3) is 4.03. The molecular formula is C16H20FNO3. The van der Waals surface area contributed by atoms with Crippen LogP contribution in [-0.2, 0) is 0 Å². The lowest BCUT2D eigenvalue weighted by Gasteiger charge is -2.26. The first kappa shape index (κ1) is 15.5. The Morgan fingerprint density at radius 1 is 1.38 bits per heavy atom. The summed E-state index contributed by atoms with van der Waals surface area (Å²) < 4.78 is 13.8. The maximum Gasteiger partial charge on any atom is 0.335 e. The Morgan fingerprint density at radius 3 is 2.76 bits per heavy atom. The molecule has 0 radical (unpaired) electrons. The number of carbonyl (C=O) groups is 2. The topological polar surface area (TPSA) is 66.4 Å². The van der Waals surface area contributed by atoms with Crippen LogP contribution in [0.2, 0.25) is 0 Å². The first-order valence-electron chi connectivity index (χ1n) is 7.28. The van der Waals surface area contributed by atoms with Gasteiger partial charge in [0.15, 0.2) is 0 Å². The summed E-state index contributed by atoms with van der Waals surface area (Å²) in [5, 5.41) is 11.5. The highest BCUT2D eigenvalue weighted by atomic mass is 19.1. The van der Waals surface area contributed by atoms with E-state index in [0.29, 0.717) is 18.4 Å². The number of carboxylic acid groups (broad SMARTS) is 1. The van der Waals surface area contributed by atoms with Crippen molar-refractivity contribution < 1.29 is 19.1 Å². The van der Waals surface area contributed by atoms with Crippen molar-refractivity contribution in [1.29, 1.82) is 0 Å². The monoisotopic (exact) mass is 293 g/mol. The number of carboxylic acids is 1. The summed E-state index contributed by atoms with van der Waals surface area (Å²) >= 11 is 0. The van der Waals surface area contributed by atoms with Crippen molar-refractivity contribution in [3.05, 3.63) is 35.1 Å². The molecule has 4 nitrogen and oxygen atoms in total. The second-order valence-corrected chi connectivity index (χ2v) is 5.85. The van der Waals surface area contributed by atoms with Gasteiger partial charge in [0, 0.05) is 6.54 Å². The summed E-state index contributed by atoms with van der Waals surface area (Å²) in [4.78, 5) is 22.7. The number of hydrogen-bond donors (Lipinski definition) is 2. The van der Waals surface area contributed by atoms with Crippen LogP contribution in [0.3, 0.4) is 0 Å². The highest BCUT2D eigenvalue weighted by Crippen LogP contribution is 2.28. The predicted molar refractivity (Wildman–Crippen MR) is 76.8 cm³/mol. The van der Waals surface area contributed by atoms with E-state index in [0.717, 1.165) is 18.9 Å². The number of amides is 1. The summed E-state index contributed by atoms with van der Waals surface area (Å²) in [5.41, 5.74) is -0.269. The molecule has 0 spiro atoms. The van der Waals surface area contributed by atoms with Crippen LogP contribution in [-0.4, -0.2) is 23.5 Å². The lowest BCUT2D eigenvalue weighted by atomic mass is 9.82. The van der Waals surface area contributed by atoms with Crippen molar-refractivity contribution in [2.45, 2.75) is 32.6 Å². The van der Waals surface area contributed by atoms with Crippen LogP contribution in [0.15, 0.2) is 18.2 Å². The molecule has 5 heteroatoms. The summed E-state index contributed by atoms with van der Waals surface area (Å²) in [6.45, 7) is 2.75. The van der Waals surface area contributed by atoms with Crippen molar-refractivity contribution in [1.82, 2.24) is 5.32 Å². The number of benzene rings is 1. The highest BCUT2D eigenvalue weighted by molar-refractivity contribution is 5.96. The first-order chi connectivity index (χ1) is 9.97. The third-order valence-electron chi connectivity index (χ3n) is 4.06. The van der Waals surface area contributed by atoms with Gasteiger partial charge in [-0.1, -0.05) is 19.8 Å². The Labute approximate surface area is 123 Å². The van der Waals surface area contributed by atoms with Crippen LogP contribution >= 0.6 is 0 Å². The normalized spacial score (nSPS) is 21.8. The van der Waals surface area contributed by atoms with E-state index in [2.05, 4.69) is 12.2 Å². The van der Waals surface area contributed by atoms with E-state index in [-0.39, 0.29) is 11.1 Å². The number of hydrogen-bond acceptors (Lipinski definition) is 2. The van der Waals surface area contributed by atoms with Crippen LogP contribution in [0.4, 0.5) is 4.39 Å². The minimum Gasteiger partial charge on any atom is -0.478 e. The van der Waals surface area contributed by atoms with Crippen molar-refractivity contribution in [2.24, 2.45) is 11.8 Å². The molecule has 21 heavy (non-hydrogen) atoms. The van der Waals surface area contributed by atoms with Crippen LogP contribution in [0, 0.1) is 17.7 Å². The van der Waals surface area contributed by atoms with Gasteiger partial charge in [0.05, 0.1) is 11.1 Å². The molecule has 114 valence electrons. The lowest BCUT2D eigenvalue weighted by Crippen LogP contribution is -2.32. The Bertz CT molecular complexity index is 544. The molecule has 0 saturated heterocycles. The molecule has 1 aliphatic rings. The molecule has 1 saturated carbocycles. The van der Waals surface area contributed by atoms with E-state index in [1.54, 1.807) is 0 Å². The molecule has 1 amide bonds. The SMILES string of the molecule is CC1CCCC(CNC(=O)c2ccc(C(=O)O)cc2F)C1. The smallest absolute Gasteiger partial charge is 0.335 e. The molecule has 1 aromatic carbocycles. The molecule has 0 heterocycles. The zero-order chi connectivity index (χ0) is 15.4. The van der Waals surface area contributed by atoms with Gasteiger partial charge in [-0.3, -0.25) is 4.79 Å². The average molecular weight is 293 g/mol. The van der Waals surface area contributed by atoms with Gasteiger partial charge < -0.3 is 10.4 Å². The maximum atomic E-state index is 13.8. The van der Waals surface area contributed by atoms with Gasteiger partial charge >= 0.3 is 5.97 Å². The van der Waals surface area contributed by atoms with Crippen molar-refractivity contribution in [2.75, 3.05) is 6.54 Å². The predicted octanol–water partition coefficient (Wildman–Crippen LogP) is 3.08. The fraction of sp³-hybridized carbons (Fsp3) is 0.500. The number of carbonyl (C=O) groups excluding carboxylic acids is 1. The van der Waals surface area contributed by atoms with E-state index in [1.165, 1.54) is 25.0 Å². The molecule has 1 aliphatic carbocycles. The zero-order valence-corrected chi connectivity index (χ0v) is 12.1. The van der Waals surface area contributed by atoms with Gasteiger partial charge in [0.2, 0.25) is 0 Å². The Kier molecular flexibility index (Phi) is 4.94. The lowest BCUT2D eigenvalue weighted by molar-refractivity contribution is 0.0695. The number of nitrogens with one attached hydrogen (secondary N) is 1. The van der Waals surface area contributed by atoms with Gasteiger partial charge in [-0.2, -0.15) is 0 Å². The Balaban J connectivity index is 1.95. The van der Waals surface area contributed by atoms with Gasteiger partial charge in [-0.25, -0.2) is 9.18 Å². The molecule has 2 atom stereocenters. The quantitative estimate of drug-likeness (QED) is 0.896. The summed E-state index contributed by atoms with van der Waals surface area (Å²) in [6, 6.07) is 3.33. The van der Waals surface area contributed by atoms with E-state index >= 15 is 0 Å². The standard InChI is InChI=1S/C16H20FNO3/c1-10-3-2-4-11(7-10)9-18-15(19)13-6-5-12(16(20)21)8-14(13)17/h5-6,8,10-11H,2-4,7,9H2,1H3,(H,18,19)(H,20,21). The molecule has 2 unspecified atom stereocenters. The highest BCUT2D eigenvalue weighted by Gasteiger charge is 2.20. The van der Waals surface area contributed by atoms with Crippen molar-refractivity contribution in [3.8, 4) is 0 Å². The van der Waals surface area contributed by atoms with E-state index in [4.69, 9.17) is 5.11 Å². The van der Waals surface area contributed by atoms with Crippen molar-refractivity contribution >= 4 is 11.9 Å². The molecule has 0 aromatic heterocycles. The summed E-state index contributed by atoms with van der Waals surface area (Å²) in [6.07, 6.45) is 4.57. The van der Waals surface area contributed by atoms with Crippen molar-refractivity contribution in [3.63, 3.8) is 0 Å². The minimum atomic E-state index is -1.21. The van der Waals surface area contributed by atoms with E-state index in [9.17, 15) is 14.0 Å². The maximum absolute atomic E-state index is 13.8. The second-order valence-electron chi connectivity index (χ2n) is 5.85. The average Bonchev–Trinajstić information content (AvgIpc) is 2.44. The van der Waals surface area contributed by atoms with Gasteiger partial charge in [-0.05, 0) is 42.9 Å². The van der Waals surface area contributed by atoms with E-state index < -0.39 is 17.7 Å². The first-order valence-corrected chi connectivity index (χ1v) is 7.28. The Hall–Kier alpha value is -1.91. The zero-order valence-electron chi connectivity index (χ0n) is 12.1. The van der Waals surface area contributed by atoms with Gasteiger partial charge in [-0.15, -0.1) is 0 Å². The number of halogens is 1. The van der Waals surface area contributed by atoms with Crippen LogP contribution in [0.25, 0.3) is 0 Å². The summed E-state index contributed by atoms with van der Waals surface area (Å²) in [5.74, 6) is -1.38. The Morgan fingerprint density at radius 2 is 2.14 bits per heavy atom. The van der Waals surface area contributed by atoms with Crippen LogP contribution in [0.5, 0.6) is 0 Å². The molecule has 2 rings (SSSR count). The molecule has 0 bridgehead atoms. The molecule has 1 fully saturated rings. The number of aromatic carboxylic acids is 1. The van der Waals surface area contributed by atoms with Gasteiger partial charge in [0.25, 0.3) is 5.91 Å². The second kappa shape index (κ2) is 6.70. The van der Waals surface area contributed by atoms with E-state index in [1.807, 2.05) is 0 Å². The number of rotatable bonds is 4. The minimum absolute atomic E-state index is 0.108. The summed E-state index contributed by atoms with van der Waals surface area (Å²) in [7, 11) is 0. The largest absolute Gasteiger partial charge is 0.478 e. The third-order valence-corrected chi connectivity index (χ3v) is 4.06. The van der Waals surface area contributed by atoms with Crippen LogP contribution in [0.1, 0.15) is 53.3 Å². The molecular weight excluding hydrogens is 273 g/mol. The van der Waals surface area contributed by atoms with Gasteiger partial charge in [0.1, 0.15) is 5.82 Å². The molecule has 2 N–H and O–H groups in total. The fourth-order valence-corrected chi connectivity index (χ4v) is 2.91. The molecule has 0 aliphatic heterocycles. The molecule has 1 aromatic rings. The fourth-order valence-electron chi connectivity index (χ4n) is 2.91. The van der Waals surface area contributed by atoms with Crippen LogP contribution < -0.4 is 5.32 Å².